The fourth-order valence-corrected chi connectivity index (χ4v) is 2.22. The number of hydrogen-bond donors (Lipinski definition) is 0. The molecular weight excluding hydrogens is 191 g/mol. The maximum absolute atomic E-state index is 13.1. The first-order valence-electron chi connectivity index (χ1n) is 5.47. The molecule has 0 amide bonds. The SMILES string of the molecule is Cc1cc(C2CCCCC2=O)ccc1F. The van der Waals surface area contributed by atoms with E-state index in [4.69, 9.17) is 0 Å². The fraction of sp³-hybridized carbons (Fsp3) is 0.462. The number of carbonyl (C=O) groups is 1. The van der Waals surface area contributed by atoms with Crippen molar-refractivity contribution in [3.05, 3.63) is 35.1 Å². The number of carbonyl (C=O) groups excluding carboxylic acids is 1. The summed E-state index contributed by atoms with van der Waals surface area (Å²) < 4.78 is 13.1. The van der Waals surface area contributed by atoms with Gasteiger partial charge in [0.1, 0.15) is 11.6 Å². The van der Waals surface area contributed by atoms with Crippen molar-refractivity contribution in [2.45, 2.75) is 38.5 Å². The monoisotopic (exact) mass is 206 g/mol. The summed E-state index contributed by atoms with van der Waals surface area (Å²) in [4.78, 5) is 11.7. The van der Waals surface area contributed by atoms with Crippen LogP contribution in [-0.2, 0) is 4.79 Å². The number of aryl methyl sites for hydroxylation is 1. The zero-order chi connectivity index (χ0) is 10.8. The third-order valence-corrected chi connectivity index (χ3v) is 3.14. The lowest BCUT2D eigenvalue weighted by Gasteiger charge is -2.21. The molecule has 1 saturated carbocycles. The van der Waals surface area contributed by atoms with Crippen LogP contribution in [0, 0.1) is 12.7 Å². The van der Waals surface area contributed by atoms with Gasteiger partial charge in [0, 0.05) is 12.3 Å². The number of benzene rings is 1. The van der Waals surface area contributed by atoms with Crippen molar-refractivity contribution in [2.24, 2.45) is 0 Å². The van der Waals surface area contributed by atoms with E-state index in [2.05, 4.69) is 0 Å². The predicted molar refractivity (Wildman–Crippen MR) is 57.4 cm³/mol. The lowest BCUT2D eigenvalue weighted by atomic mass is 9.82. The smallest absolute Gasteiger partial charge is 0.140 e. The van der Waals surface area contributed by atoms with E-state index in [1.165, 1.54) is 6.07 Å². The van der Waals surface area contributed by atoms with E-state index in [1.807, 2.05) is 6.07 Å². The molecule has 0 heterocycles. The van der Waals surface area contributed by atoms with E-state index in [9.17, 15) is 9.18 Å². The molecule has 0 aromatic heterocycles. The minimum Gasteiger partial charge on any atom is -0.299 e. The molecule has 0 saturated heterocycles. The molecule has 1 fully saturated rings. The summed E-state index contributed by atoms with van der Waals surface area (Å²) in [5, 5.41) is 0. The zero-order valence-electron chi connectivity index (χ0n) is 8.92. The molecule has 1 aliphatic carbocycles. The zero-order valence-corrected chi connectivity index (χ0v) is 8.92. The Morgan fingerprint density at radius 1 is 1.33 bits per heavy atom. The molecule has 1 unspecified atom stereocenters. The maximum atomic E-state index is 13.1. The highest BCUT2D eigenvalue weighted by Crippen LogP contribution is 2.30. The third-order valence-electron chi connectivity index (χ3n) is 3.14. The number of hydrogen-bond acceptors (Lipinski definition) is 1. The van der Waals surface area contributed by atoms with Gasteiger partial charge in [-0.1, -0.05) is 18.6 Å². The lowest BCUT2D eigenvalue weighted by molar-refractivity contribution is -0.121. The van der Waals surface area contributed by atoms with Gasteiger partial charge in [-0.25, -0.2) is 4.39 Å². The molecule has 1 nitrogen and oxygen atoms in total. The molecule has 1 aromatic carbocycles. The molecule has 1 aliphatic rings. The van der Waals surface area contributed by atoms with Gasteiger partial charge in [-0.2, -0.15) is 0 Å². The van der Waals surface area contributed by atoms with Crippen molar-refractivity contribution in [1.82, 2.24) is 0 Å². The Balaban J connectivity index is 2.28. The standard InChI is InChI=1S/C13H15FO/c1-9-8-10(6-7-12(9)14)11-4-2-3-5-13(11)15/h6-8,11H,2-5H2,1H3. The molecule has 2 rings (SSSR count). The second-order valence-corrected chi connectivity index (χ2v) is 4.27. The molecule has 80 valence electrons. The van der Waals surface area contributed by atoms with Gasteiger partial charge in [0.15, 0.2) is 0 Å². The Hall–Kier alpha value is -1.18. The van der Waals surface area contributed by atoms with Crippen LogP contribution in [0.4, 0.5) is 4.39 Å². The van der Waals surface area contributed by atoms with Crippen molar-refractivity contribution in [1.29, 1.82) is 0 Å². The number of Topliss-reactive ketones (excluding diaryl/α,β-unsaturated/α-hetero) is 1. The van der Waals surface area contributed by atoms with Crippen LogP contribution in [-0.4, -0.2) is 5.78 Å². The van der Waals surface area contributed by atoms with Gasteiger partial charge in [0.2, 0.25) is 0 Å². The summed E-state index contributed by atoms with van der Waals surface area (Å²) in [6.07, 6.45) is 3.72. The molecule has 0 bridgehead atoms. The largest absolute Gasteiger partial charge is 0.299 e. The van der Waals surface area contributed by atoms with Crippen molar-refractivity contribution in [2.75, 3.05) is 0 Å². The van der Waals surface area contributed by atoms with Crippen LogP contribution >= 0.6 is 0 Å². The van der Waals surface area contributed by atoms with E-state index >= 15 is 0 Å². The third kappa shape index (κ3) is 2.09. The number of rotatable bonds is 1. The molecule has 0 radical (unpaired) electrons. The van der Waals surface area contributed by atoms with Gasteiger partial charge in [0.25, 0.3) is 0 Å². The quantitative estimate of drug-likeness (QED) is 0.688. The highest BCUT2D eigenvalue weighted by Gasteiger charge is 2.23. The number of halogens is 1. The molecule has 15 heavy (non-hydrogen) atoms. The van der Waals surface area contributed by atoms with Gasteiger partial charge in [-0.3, -0.25) is 4.79 Å². The van der Waals surface area contributed by atoms with Gasteiger partial charge < -0.3 is 0 Å². The van der Waals surface area contributed by atoms with E-state index in [-0.39, 0.29) is 11.7 Å². The van der Waals surface area contributed by atoms with Crippen LogP contribution in [0.15, 0.2) is 18.2 Å². The Labute approximate surface area is 89.3 Å². The molecule has 2 heteroatoms. The van der Waals surface area contributed by atoms with Crippen LogP contribution in [0.1, 0.15) is 42.7 Å². The van der Waals surface area contributed by atoms with E-state index < -0.39 is 0 Å². The Morgan fingerprint density at radius 3 is 2.80 bits per heavy atom. The maximum Gasteiger partial charge on any atom is 0.140 e. The average molecular weight is 206 g/mol. The Morgan fingerprint density at radius 2 is 2.13 bits per heavy atom. The molecule has 0 spiro atoms. The highest BCUT2D eigenvalue weighted by molar-refractivity contribution is 5.86. The minimum atomic E-state index is -0.193. The molecule has 1 atom stereocenters. The van der Waals surface area contributed by atoms with Crippen LogP contribution in [0.3, 0.4) is 0 Å². The summed E-state index contributed by atoms with van der Waals surface area (Å²) in [6, 6.07) is 5.02. The molecule has 0 N–H and O–H groups in total. The average Bonchev–Trinajstić information content (AvgIpc) is 2.23. The number of ketones is 1. The summed E-state index contributed by atoms with van der Waals surface area (Å²) in [5.74, 6) is 0.132. The van der Waals surface area contributed by atoms with Crippen molar-refractivity contribution in [3.63, 3.8) is 0 Å². The molecule has 0 aliphatic heterocycles. The van der Waals surface area contributed by atoms with Crippen LogP contribution in [0.2, 0.25) is 0 Å². The van der Waals surface area contributed by atoms with Crippen molar-refractivity contribution >= 4 is 5.78 Å². The Kier molecular flexibility index (Phi) is 2.85. The topological polar surface area (TPSA) is 17.1 Å². The van der Waals surface area contributed by atoms with Crippen molar-refractivity contribution in [3.8, 4) is 0 Å². The molecule has 1 aromatic rings. The fourth-order valence-electron chi connectivity index (χ4n) is 2.22. The molecular formula is C13H15FO. The summed E-state index contributed by atoms with van der Waals surface area (Å²) in [5.41, 5.74) is 1.62. The second kappa shape index (κ2) is 4.13. The van der Waals surface area contributed by atoms with Crippen molar-refractivity contribution < 1.29 is 9.18 Å². The normalized spacial score (nSPS) is 21.7. The lowest BCUT2D eigenvalue weighted by Crippen LogP contribution is -2.17. The van der Waals surface area contributed by atoms with Crippen LogP contribution in [0.25, 0.3) is 0 Å². The van der Waals surface area contributed by atoms with Gasteiger partial charge in [-0.15, -0.1) is 0 Å². The highest BCUT2D eigenvalue weighted by atomic mass is 19.1. The first kappa shape index (κ1) is 10.3. The summed E-state index contributed by atoms with van der Waals surface area (Å²) in [7, 11) is 0. The van der Waals surface area contributed by atoms with Crippen LogP contribution < -0.4 is 0 Å². The van der Waals surface area contributed by atoms with Gasteiger partial charge in [0.05, 0.1) is 0 Å². The minimum absolute atomic E-state index is 0.0121. The summed E-state index contributed by atoms with van der Waals surface area (Å²) >= 11 is 0. The first-order valence-corrected chi connectivity index (χ1v) is 5.47. The predicted octanol–water partition coefficient (Wildman–Crippen LogP) is 3.36. The van der Waals surface area contributed by atoms with E-state index in [0.29, 0.717) is 17.8 Å². The van der Waals surface area contributed by atoms with Gasteiger partial charge in [-0.05, 0) is 37.0 Å². The Bertz CT molecular complexity index is 384. The van der Waals surface area contributed by atoms with E-state index in [1.54, 1.807) is 13.0 Å². The van der Waals surface area contributed by atoms with Crippen LogP contribution in [0.5, 0.6) is 0 Å². The first-order chi connectivity index (χ1) is 7.18. The van der Waals surface area contributed by atoms with Gasteiger partial charge >= 0.3 is 0 Å². The summed E-state index contributed by atoms with van der Waals surface area (Å²) in [6.45, 7) is 1.74. The van der Waals surface area contributed by atoms with E-state index in [0.717, 1.165) is 24.8 Å². The second-order valence-electron chi connectivity index (χ2n) is 4.27.